The molecule has 0 bridgehead atoms. The number of benzene rings is 1. The number of aromatic nitrogens is 1. The zero-order chi connectivity index (χ0) is 17.1. The van der Waals surface area contributed by atoms with Gasteiger partial charge < -0.3 is 20.1 Å². The van der Waals surface area contributed by atoms with Gasteiger partial charge in [-0.25, -0.2) is 0 Å². The summed E-state index contributed by atoms with van der Waals surface area (Å²) in [5, 5.41) is 0. The number of carbonyl (C=O) groups is 1. The van der Waals surface area contributed by atoms with Crippen molar-refractivity contribution in [1.82, 2.24) is 9.88 Å². The molecule has 1 amide bonds. The Labute approximate surface area is 141 Å². The number of hydrogen-bond acceptors (Lipinski definition) is 5. The molecule has 0 aliphatic carbocycles. The van der Waals surface area contributed by atoms with Crippen LogP contribution in [0.15, 0.2) is 36.4 Å². The zero-order valence-electron chi connectivity index (χ0n) is 13.9. The Morgan fingerprint density at radius 1 is 1.38 bits per heavy atom. The Balaban J connectivity index is 1.78. The zero-order valence-corrected chi connectivity index (χ0v) is 13.9. The fourth-order valence-corrected chi connectivity index (χ4v) is 2.84. The van der Waals surface area contributed by atoms with Gasteiger partial charge in [0, 0.05) is 23.5 Å². The number of hydrogen-bond donors (Lipinski definition) is 1. The number of nitrogens with zero attached hydrogens (tertiary/aromatic N) is 2. The van der Waals surface area contributed by atoms with Crippen molar-refractivity contribution >= 4 is 11.6 Å². The Kier molecular flexibility index (Phi) is 4.66. The molecule has 3 rings (SSSR count). The van der Waals surface area contributed by atoms with E-state index in [1.165, 1.54) is 0 Å². The third-order valence-corrected chi connectivity index (χ3v) is 4.00. The highest BCUT2D eigenvalue weighted by molar-refractivity contribution is 5.94. The summed E-state index contributed by atoms with van der Waals surface area (Å²) >= 11 is 0. The first kappa shape index (κ1) is 16.3. The lowest BCUT2D eigenvalue weighted by Gasteiger charge is -2.33. The molecule has 1 atom stereocenters. The third-order valence-electron chi connectivity index (χ3n) is 4.00. The van der Waals surface area contributed by atoms with Gasteiger partial charge in [-0.05, 0) is 37.3 Å². The molecule has 6 nitrogen and oxygen atoms in total. The fraction of sp³-hybridized carbons (Fsp3) is 0.333. The number of methoxy groups -OCH3 is 1. The van der Waals surface area contributed by atoms with Crippen molar-refractivity contribution in [3.05, 3.63) is 53.3 Å². The van der Waals surface area contributed by atoms with Gasteiger partial charge in [-0.1, -0.05) is 6.07 Å². The molecule has 2 aromatic rings. The normalized spacial score (nSPS) is 17.6. The number of morpholine rings is 1. The SMILES string of the molecule is COc1cccc(C(=O)N2CCOC(c3cc(N)cc(C)n3)C2)c1. The van der Waals surface area contributed by atoms with Crippen LogP contribution in [0.3, 0.4) is 0 Å². The van der Waals surface area contributed by atoms with E-state index >= 15 is 0 Å². The Bertz CT molecular complexity index is 728. The van der Waals surface area contributed by atoms with Crippen LogP contribution in [0.5, 0.6) is 5.75 Å². The maximum Gasteiger partial charge on any atom is 0.254 e. The van der Waals surface area contributed by atoms with Crippen LogP contribution in [0.2, 0.25) is 0 Å². The second-order valence-corrected chi connectivity index (χ2v) is 5.81. The van der Waals surface area contributed by atoms with Crippen molar-refractivity contribution in [3.8, 4) is 5.75 Å². The minimum absolute atomic E-state index is 0.0391. The molecule has 2 N–H and O–H groups in total. The number of anilines is 1. The summed E-state index contributed by atoms with van der Waals surface area (Å²) < 4.78 is 11.0. The van der Waals surface area contributed by atoms with E-state index in [1.54, 1.807) is 30.2 Å². The van der Waals surface area contributed by atoms with Crippen molar-refractivity contribution in [2.75, 3.05) is 32.5 Å². The monoisotopic (exact) mass is 327 g/mol. The number of ether oxygens (including phenoxy) is 2. The van der Waals surface area contributed by atoms with Gasteiger partial charge in [0.1, 0.15) is 11.9 Å². The highest BCUT2D eigenvalue weighted by Crippen LogP contribution is 2.24. The number of nitrogens with two attached hydrogens (primary N) is 1. The van der Waals surface area contributed by atoms with Crippen LogP contribution in [0, 0.1) is 6.92 Å². The van der Waals surface area contributed by atoms with Gasteiger partial charge in [0.25, 0.3) is 5.91 Å². The molecule has 1 fully saturated rings. The van der Waals surface area contributed by atoms with Gasteiger partial charge in [-0.15, -0.1) is 0 Å². The van der Waals surface area contributed by atoms with Crippen molar-refractivity contribution in [3.63, 3.8) is 0 Å². The van der Waals surface area contributed by atoms with Crippen LogP contribution in [0.1, 0.15) is 27.8 Å². The first-order chi connectivity index (χ1) is 11.6. The minimum atomic E-state index is -0.268. The van der Waals surface area contributed by atoms with E-state index in [2.05, 4.69) is 4.98 Å². The van der Waals surface area contributed by atoms with Gasteiger partial charge in [0.15, 0.2) is 0 Å². The summed E-state index contributed by atoms with van der Waals surface area (Å²) in [6.45, 7) is 3.36. The molecule has 0 radical (unpaired) electrons. The van der Waals surface area contributed by atoms with Gasteiger partial charge in [0.05, 0.1) is 26.0 Å². The number of amides is 1. The van der Waals surface area contributed by atoms with Crippen LogP contribution < -0.4 is 10.5 Å². The third kappa shape index (κ3) is 3.49. The molecule has 6 heteroatoms. The van der Waals surface area contributed by atoms with Crippen molar-refractivity contribution in [2.24, 2.45) is 0 Å². The second-order valence-electron chi connectivity index (χ2n) is 5.81. The standard InChI is InChI=1S/C18H21N3O3/c1-12-8-14(19)10-16(20-12)17-11-21(6-7-24-17)18(22)13-4-3-5-15(9-13)23-2/h3-5,8-10,17H,6-7,11H2,1-2H3,(H2,19,20). The van der Waals surface area contributed by atoms with E-state index in [0.29, 0.717) is 36.7 Å². The summed E-state index contributed by atoms with van der Waals surface area (Å²) in [4.78, 5) is 19.0. The van der Waals surface area contributed by atoms with E-state index < -0.39 is 0 Å². The second kappa shape index (κ2) is 6.88. The van der Waals surface area contributed by atoms with E-state index in [-0.39, 0.29) is 12.0 Å². The van der Waals surface area contributed by atoms with Crippen LogP contribution in [-0.2, 0) is 4.74 Å². The summed E-state index contributed by atoms with van der Waals surface area (Å²) in [6, 6.07) is 10.8. The molecule has 2 heterocycles. The maximum absolute atomic E-state index is 12.7. The highest BCUT2D eigenvalue weighted by Gasteiger charge is 2.27. The Morgan fingerprint density at radius 3 is 2.96 bits per heavy atom. The fourth-order valence-electron chi connectivity index (χ4n) is 2.84. The number of aryl methyl sites for hydroxylation is 1. The molecule has 126 valence electrons. The smallest absolute Gasteiger partial charge is 0.254 e. The van der Waals surface area contributed by atoms with Crippen molar-refractivity contribution < 1.29 is 14.3 Å². The van der Waals surface area contributed by atoms with Crippen molar-refractivity contribution in [2.45, 2.75) is 13.0 Å². The molecule has 1 saturated heterocycles. The first-order valence-corrected chi connectivity index (χ1v) is 7.86. The maximum atomic E-state index is 12.7. The number of carbonyl (C=O) groups excluding carboxylic acids is 1. The molecule has 1 unspecified atom stereocenters. The topological polar surface area (TPSA) is 77.7 Å². The molecule has 24 heavy (non-hydrogen) atoms. The van der Waals surface area contributed by atoms with E-state index in [9.17, 15) is 4.79 Å². The molecule has 0 spiro atoms. The van der Waals surface area contributed by atoms with Gasteiger partial charge >= 0.3 is 0 Å². The van der Waals surface area contributed by atoms with E-state index in [4.69, 9.17) is 15.2 Å². The van der Waals surface area contributed by atoms with Gasteiger partial charge in [-0.3, -0.25) is 9.78 Å². The van der Waals surface area contributed by atoms with E-state index in [1.807, 2.05) is 25.1 Å². The predicted molar refractivity (Wildman–Crippen MR) is 91.0 cm³/mol. The molecule has 0 saturated carbocycles. The number of pyridine rings is 1. The van der Waals surface area contributed by atoms with Gasteiger partial charge in [0.2, 0.25) is 0 Å². The lowest BCUT2D eigenvalue weighted by atomic mass is 10.1. The first-order valence-electron chi connectivity index (χ1n) is 7.86. The summed E-state index contributed by atoms with van der Waals surface area (Å²) in [5.41, 5.74) is 8.75. The van der Waals surface area contributed by atoms with Crippen molar-refractivity contribution in [1.29, 1.82) is 0 Å². The summed E-state index contributed by atoms with van der Waals surface area (Å²) in [5.74, 6) is 0.626. The van der Waals surface area contributed by atoms with Crippen LogP contribution in [0.4, 0.5) is 5.69 Å². The number of nitrogen functional groups attached to an aromatic ring is 1. The summed E-state index contributed by atoms with van der Waals surface area (Å²) in [6.07, 6.45) is -0.268. The molecule has 1 aliphatic heterocycles. The predicted octanol–water partition coefficient (Wildman–Crippen LogP) is 2.19. The Hall–Kier alpha value is -2.60. The minimum Gasteiger partial charge on any atom is -0.497 e. The lowest BCUT2D eigenvalue weighted by Crippen LogP contribution is -2.42. The highest BCUT2D eigenvalue weighted by atomic mass is 16.5. The summed E-state index contributed by atoms with van der Waals surface area (Å²) in [7, 11) is 1.59. The molecule has 1 aromatic carbocycles. The van der Waals surface area contributed by atoms with E-state index in [0.717, 1.165) is 11.4 Å². The van der Waals surface area contributed by atoms with Crippen LogP contribution in [0.25, 0.3) is 0 Å². The molecule has 1 aromatic heterocycles. The van der Waals surface area contributed by atoms with Crippen LogP contribution in [-0.4, -0.2) is 42.6 Å². The quantitative estimate of drug-likeness (QED) is 0.935. The molecular weight excluding hydrogens is 306 g/mol. The average Bonchev–Trinajstić information content (AvgIpc) is 2.60. The molecular formula is C18H21N3O3. The largest absolute Gasteiger partial charge is 0.497 e. The Morgan fingerprint density at radius 2 is 2.21 bits per heavy atom. The average molecular weight is 327 g/mol. The number of rotatable bonds is 3. The molecule has 1 aliphatic rings. The van der Waals surface area contributed by atoms with Gasteiger partial charge in [-0.2, -0.15) is 0 Å². The van der Waals surface area contributed by atoms with Crippen LogP contribution >= 0.6 is 0 Å². The lowest BCUT2D eigenvalue weighted by molar-refractivity contribution is -0.0247.